The maximum Gasteiger partial charge on any atom is 0.183 e. The van der Waals surface area contributed by atoms with Crippen molar-refractivity contribution in [3.8, 4) is 5.75 Å². The standard InChI is InChI=1S/C18H25NO2/c1-19(2)18(12-4-3-5-13-18)17(20)14-6-8-15(9-7-14)21-16-10-11-16/h6-9,16H,3-5,10-13H2,1-2H3. The number of hydrogen-bond donors (Lipinski definition) is 0. The maximum atomic E-state index is 13.0. The number of carbonyl (C=O) groups is 1. The molecule has 0 atom stereocenters. The van der Waals surface area contributed by atoms with Gasteiger partial charge in [-0.05, 0) is 64.0 Å². The molecule has 2 saturated carbocycles. The predicted octanol–water partition coefficient (Wildman–Crippen LogP) is 3.68. The van der Waals surface area contributed by atoms with Gasteiger partial charge >= 0.3 is 0 Å². The van der Waals surface area contributed by atoms with Crippen LogP contribution in [0.1, 0.15) is 55.3 Å². The summed E-state index contributed by atoms with van der Waals surface area (Å²) in [5.74, 6) is 1.15. The molecule has 0 aromatic heterocycles. The Morgan fingerprint density at radius 3 is 2.24 bits per heavy atom. The highest BCUT2D eigenvalue weighted by atomic mass is 16.5. The third-order valence-corrected chi connectivity index (χ3v) is 4.90. The zero-order chi connectivity index (χ0) is 14.9. The average molecular weight is 287 g/mol. The number of hydrogen-bond acceptors (Lipinski definition) is 3. The number of carbonyl (C=O) groups excluding carboxylic acids is 1. The van der Waals surface area contributed by atoms with E-state index in [0.717, 1.165) is 49.8 Å². The van der Waals surface area contributed by atoms with Gasteiger partial charge in [0.25, 0.3) is 0 Å². The minimum atomic E-state index is -0.308. The molecule has 0 radical (unpaired) electrons. The second-order valence-electron chi connectivity index (χ2n) is 6.66. The first-order chi connectivity index (χ1) is 10.1. The molecule has 0 amide bonds. The van der Waals surface area contributed by atoms with Crippen molar-refractivity contribution >= 4 is 5.78 Å². The van der Waals surface area contributed by atoms with Gasteiger partial charge in [-0.3, -0.25) is 9.69 Å². The second kappa shape index (κ2) is 5.80. The van der Waals surface area contributed by atoms with E-state index in [1.165, 1.54) is 6.42 Å². The van der Waals surface area contributed by atoms with Gasteiger partial charge in [-0.2, -0.15) is 0 Å². The van der Waals surface area contributed by atoms with E-state index >= 15 is 0 Å². The van der Waals surface area contributed by atoms with Crippen molar-refractivity contribution in [2.75, 3.05) is 14.1 Å². The van der Waals surface area contributed by atoms with E-state index < -0.39 is 0 Å². The topological polar surface area (TPSA) is 29.5 Å². The van der Waals surface area contributed by atoms with Gasteiger partial charge < -0.3 is 4.74 Å². The van der Waals surface area contributed by atoms with Crippen LogP contribution in [-0.4, -0.2) is 36.4 Å². The number of Topliss-reactive ketones (excluding diaryl/α,β-unsaturated/α-hetero) is 1. The van der Waals surface area contributed by atoms with Crippen molar-refractivity contribution in [1.82, 2.24) is 4.90 Å². The fraction of sp³-hybridized carbons (Fsp3) is 0.611. The van der Waals surface area contributed by atoms with Crippen molar-refractivity contribution in [3.05, 3.63) is 29.8 Å². The minimum Gasteiger partial charge on any atom is -0.490 e. The number of nitrogens with zero attached hydrogens (tertiary/aromatic N) is 1. The number of ether oxygens (including phenoxy) is 1. The first kappa shape index (κ1) is 14.6. The van der Waals surface area contributed by atoms with E-state index in [9.17, 15) is 4.79 Å². The van der Waals surface area contributed by atoms with Crippen molar-refractivity contribution < 1.29 is 9.53 Å². The molecule has 3 nitrogen and oxygen atoms in total. The monoisotopic (exact) mass is 287 g/mol. The summed E-state index contributed by atoms with van der Waals surface area (Å²) in [6.07, 6.45) is 8.20. The summed E-state index contributed by atoms with van der Waals surface area (Å²) in [5, 5.41) is 0. The molecular formula is C18H25NO2. The Kier molecular flexibility index (Phi) is 4.03. The third-order valence-electron chi connectivity index (χ3n) is 4.90. The van der Waals surface area contributed by atoms with E-state index in [1.807, 2.05) is 38.4 Å². The summed E-state index contributed by atoms with van der Waals surface area (Å²) in [6, 6.07) is 7.75. The van der Waals surface area contributed by atoms with Crippen molar-refractivity contribution in [2.24, 2.45) is 0 Å². The second-order valence-corrected chi connectivity index (χ2v) is 6.66. The van der Waals surface area contributed by atoms with Gasteiger partial charge in [0.15, 0.2) is 5.78 Å². The fourth-order valence-corrected chi connectivity index (χ4v) is 3.35. The Labute approximate surface area is 127 Å². The highest BCUT2D eigenvalue weighted by Crippen LogP contribution is 2.35. The Hall–Kier alpha value is -1.35. The molecule has 0 unspecified atom stereocenters. The van der Waals surface area contributed by atoms with E-state index in [0.29, 0.717) is 6.10 Å². The average Bonchev–Trinajstić information content (AvgIpc) is 3.32. The zero-order valence-electron chi connectivity index (χ0n) is 13.1. The van der Waals surface area contributed by atoms with Gasteiger partial charge in [0, 0.05) is 5.56 Å². The number of rotatable bonds is 5. The highest BCUT2D eigenvalue weighted by molar-refractivity contribution is 6.03. The third kappa shape index (κ3) is 2.98. The molecular weight excluding hydrogens is 262 g/mol. The van der Waals surface area contributed by atoms with Crippen LogP contribution in [0.25, 0.3) is 0 Å². The van der Waals surface area contributed by atoms with E-state index in [2.05, 4.69) is 4.90 Å². The Morgan fingerprint density at radius 1 is 1.10 bits per heavy atom. The lowest BCUT2D eigenvalue weighted by Gasteiger charge is -2.41. The molecule has 0 bridgehead atoms. The lowest BCUT2D eigenvalue weighted by molar-refractivity contribution is 0.0564. The molecule has 0 aliphatic heterocycles. The Morgan fingerprint density at radius 2 is 1.71 bits per heavy atom. The van der Waals surface area contributed by atoms with E-state index in [-0.39, 0.29) is 11.3 Å². The largest absolute Gasteiger partial charge is 0.490 e. The molecule has 0 heterocycles. The maximum absolute atomic E-state index is 13.0. The fourth-order valence-electron chi connectivity index (χ4n) is 3.35. The normalized spacial score (nSPS) is 21.3. The first-order valence-electron chi connectivity index (χ1n) is 8.11. The number of likely N-dealkylation sites (N-methyl/N-ethyl adjacent to an activating group) is 1. The molecule has 2 aliphatic rings. The van der Waals surface area contributed by atoms with Crippen LogP contribution in [0.2, 0.25) is 0 Å². The van der Waals surface area contributed by atoms with Gasteiger partial charge in [0.1, 0.15) is 5.75 Å². The molecule has 114 valence electrons. The van der Waals surface area contributed by atoms with Crippen LogP contribution >= 0.6 is 0 Å². The van der Waals surface area contributed by atoms with Crippen LogP contribution in [0.5, 0.6) is 5.75 Å². The van der Waals surface area contributed by atoms with Gasteiger partial charge in [-0.1, -0.05) is 19.3 Å². The van der Waals surface area contributed by atoms with E-state index in [1.54, 1.807) is 0 Å². The van der Waals surface area contributed by atoms with Gasteiger partial charge in [-0.15, -0.1) is 0 Å². The number of ketones is 1. The first-order valence-corrected chi connectivity index (χ1v) is 8.11. The Bertz CT molecular complexity index is 496. The quantitative estimate of drug-likeness (QED) is 0.774. The molecule has 3 heteroatoms. The summed E-state index contributed by atoms with van der Waals surface area (Å²) in [7, 11) is 4.07. The van der Waals surface area contributed by atoms with Crippen LogP contribution in [0.4, 0.5) is 0 Å². The Balaban J connectivity index is 1.78. The molecule has 0 saturated heterocycles. The zero-order valence-corrected chi connectivity index (χ0v) is 13.1. The summed E-state index contributed by atoms with van der Waals surface area (Å²) < 4.78 is 5.76. The molecule has 0 N–H and O–H groups in total. The van der Waals surface area contributed by atoms with Crippen LogP contribution in [0.3, 0.4) is 0 Å². The van der Waals surface area contributed by atoms with Crippen LogP contribution in [-0.2, 0) is 0 Å². The molecule has 1 aromatic carbocycles. The smallest absolute Gasteiger partial charge is 0.183 e. The molecule has 3 rings (SSSR count). The molecule has 1 aromatic rings. The van der Waals surface area contributed by atoms with E-state index in [4.69, 9.17) is 4.74 Å². The molecule has 0 spiro atoms. The SMILES string of the molecule is CN(C)C1(C(=O)c2ccc(OC3CC3)cc2)CCCCC1. The lowest BCUT2D eigenvalue weighted by Crippen LogP contribution is -2.52. The summed E-state index contributed by atoms with van der Waals surface area (Å²) in [6.45, 7) is 0. The minimum absolute atomic E-state index is 0.269. The molecule has 21 heavy (non-hydrogen) atoms. The summed E-state index contributed by atoms with van der Waals surface area (Å²) in [4.78, 5) is 15.2. The summed E-state index contributed by atoms with van der Waals surface area (Å²) in [5.41, 5.74) is 0.505. The molecule has 2 fully saturated rings. The lowest BCUT2D eigenvalue weighted by atomic mass is 9.75. The highest BCUT2D eigenvalue weighted by Gasteiger charge is 2.41. The van der Waals surface area contributed by atoms with Gasteiger partial charge in [0.05, 0.1) is 11.6 Å². The molecule has 2 aliphatic carbocycles. The van der Waals surface area contributed by atoms with Crippen LogP contribution in [0.15, 0.2) is 24.3 Å². The van der Waals surface area contributed by atoms with Gasteiger partial charge in [0.2, 0.25) is 0 Å². The number of benzene rings is 1. The van der Waals surface area contributed by atoms with Crippen molar-refractivity contribution in [3.63, 3.8) is 0 Å². The summed E-state index contributed by atoms with van der Waals surface area (Å²) >= 11 is 0. The van der Waals surface area contributed by atoms with Crippen molar-refractivity contribution in [2.45, 2.75) is 56.6 Å². The van der Waals surface area contributed by atoms with Crippen LogP contribution in [0, 0.1) is 0 Å². The van der Waals surface area contributed by atoms with Crippen molar-refractivity contribution in [1.29, 1.82) is 0 Å². The van der Waals surface area contributed by atoms with Crippen LogP contribution < -0.4 is 4.74 Å². The predicted molar refractivity (Wildman–Crippen MR) is 83.9 cm³/mol. The van der Waals surface area contributed by atoms with Gasteiger partial charge in [-0.25, -0.2) is 0 Å².